The molecule has 0 heterocycles. The van der Waals surface area contributed by atoms with Gasteiger partial charge in [0.15, 0.2) is 5.96 Å². The molecule has 0 fully saturated rings. The SMILES string of the molecule is CC[C@H](C)[C@H](NC(=O)[C@@H](N)CCC(=O)O)C(=O)N[C@@H](CC(N)=O)C(=O)N[C@@H](CCC(=O)O)C(=O)N[C@@H](C)C(=O)NCC(=O)N[C@@H](CCCNC(=N)N)C(=O)O. The molecule has 0 saturated carbocycles. The molecule has 0 aromatic carbocycles. The number of rotatable bonds is 27. The second-order valence-corrected chi connectivity index (χ2v) is 12.5. The zero-order chi connectivity index (χ0) is 42.4. The lowest BCUT2D eigenvalue weighted by atomic mass is 9.97. The van der Waals surface area contributed by atoms with E-state index in [4.69, 9.17) is 27.7 Å². The molecule has 17 N–H and O–H groups in total. The number of primary amides is 1. The molecule has 0 rings (SSSR count). The number of carbonyl (C=O) groups excluding carboxylic acids is 7. The molecule has 0 unspecified atom stereocenters. The van der Waals surface area contributed by atoms with Crippen molar-refractivity contribution < 1.29 is 63.3 Å². The van der Waals surface area contributed by atoms with Gasteiger partial charge in [-0.15, -0.1) is 0 Å². The molecule has 0 aliphatic heterocycles. The standard InChI is InChI=1S/C31H53N11O13/c1-4-14(2)24(42-26(50)16(32)7-9-22(45)46)29(53)41-19(12-20(33)43)28(52)40-17(8-10-23(47)48)27(51)38-15(3)25(49)37-13-21(44)39-18(30(54)55)6-5-11-36-31(34)35/h14-19,24H,4-13,32H2,1-3H3,(H2,33,43)(H,37,49)(H,38,51)(H,39,44)(H,40,52)(H,41,53)(H,42,50)(H,45,46)(H,47,48)(H,54,55)(H4,34,35,36)/t14-,15-,16-,17-,18-,19-,24-/m0/s1. The van der Waals surface area contributed by atoms with Gasteiger partial charge in [-0.3, -0.25) is 48.6 Å². The minimum Gasteiger partial charge on any atom is -0.481 e. The van der Waals surface area contributed by atoms with Gasteiger partial charge in [-0.05, 0) is 38.5 Å². The zero-order valence-corrected chi connectivity index (χ0v) is 30.8. The van der Waals surface area contributed by atoms with E-state index < -0.39 is 134 Å². The molecule has 7 amide bonds. The van der Waals surface area contributed by atoms with Crippen molar-refractivity contribution >= 4 is 65.2 Å². The third-order valence-corrected chi connectivity index (χ3v) is 7.91. The van der Waals surface area contributed by atoms with Crippen LogP contribution in [0.5, 0.6) is 0 Å². The van der Waals surface area contributed by atoms with E-state index in [1.165, 1.54) is 6.92 Å². The first-order valence-corrected chi connectivity index (χ1v) is 17.2. The van der Waals surface area contributed by atoms with E-state index in [1.54, 1.807) is 13.8 Å². The monoisotopic (exact) mass is 787 g/mol. The summed E-state index contributed by atoms with van der Waals surface area (Å²) < 4.78 is 0. The lowest BCUT2D eigenvalue weighted by molar-refractivity contribution is -0.142. The normalized spacial score (nSPS) is 14.5. The molecule has 0 aromatic rings. The maximum absolute atomic E-state index is 13.4. The van der Waals surface area contributed by atoms with Gasteiger partial charge < -0.3 is 69.7 Å². The lowest BCUT2D eigenvalue weighted by Gasteiger charge is -2.28. The molecule has 310 valence electrons. The topological polar surface area (TPSA) is 418 Å². The van der Waals surface area contributed by atoms with Gasteiger partial charge in [0.25, 0.3) is 0 Å². The first-order valence-electron chi connectivity index (χ1n) is 17.2. The second kappa shape index (κ2) is 25.0. The lowest BCUT2D eigenvalue weighted by Crippen LogP contribution is -2.60. The molecule has 0 radical (unpaired) electrons. The van der Waals surface area contributed by atoms with Crippen LogP contribution < -0.4 is 54.4 Å². The number of amides is 7. The van der Waals surface area contributed by atoms with E-state index in [2.05, 4.69) is 37.2 Å². The van der Waals surface area contributed by atoms with Gasteiger partial charge in [-0.25, -0.2) is 4.79 Å². The van der Waals surface area contributed by atoms with E-state index >= 15 is 0 Å². The van der Waals surface area contributed by atoms with Crippen LogP contribution >= 0.6 is 0 Å². The Balaban J connectivity index is 5.73. The predicted molar refractivity (Wildman–Crippen MR) is 190 cm³/mol. The van der Waals surface area contributed by atoms with Gasteiger partial charge >= 0.3 is 17.9 Å². The third kappa shape index (κ3) is 20.7. The van der Waals surface area contributed by atoms with Crippen LogP contribution in [-0.2, 0) is 47.9 Å². The first kappa shape index (κ1) is 48.9. The summed E-state index contributed by atoms with van der Waals surface area (Å²) in [7, 11) is 0. The number of nitrogens with one attached hydrogen (secondary N) is 8. The Morgan fingerprint density at radius 1 is 0.655 bits per heavy atom. The maximum Gasteiger partial charge on any atom is 0.326 e. The van der Waals surface area contributed by atoms with E-state index in [9.17, 15) is 58.2 Å². The van der Waals surface area contributed by atoms with Crippen molar-refractivity contribution in [1.29, 1.82) is 5.41 Å². The van der Waals surface area contributed by atoms with E-state index in [1.807, 2.05) is 0 Å². The highest BCUT2D eigenvalue weighted by Gasteiger charge is 2.34. The number of carboxylic acids is 3. The molecule has 0 bridgehead atoms. The number of hydrogen-bond donors (Lipinski definition) is 14. The molecule has 55 heavy (non-hydrogen) atoms. The van der Waals surface area contributed by atoms with Gasteiger partial charge in [-0.1, -0.05) is 20.3 Å². The smallest absolute Gasteiger partial charge is 0.326 e. The fourth-order valence-electron chi connectivity index (χ4n) is 4.59. The molecule has 0 aromatic heterocycles. The second-order valence-electron chi connectivity index (χ2n) is 12.5. The molecular weight excluding hydrogens is 734 g/mol. The van der Waals surface area contributed by atoms with Crippen LogP contribution in [0.4, 0.5) is 0 Å². The number of nitrogens with two attached hydrogens (primary N) is 3. The van der Waals surface area contributed by atoms with Crippen molar-refractivity contribution in [2.75, 3.05) is 13.1 Å². The number of hydrogen-bond acceptors (Lipinski definition) is 12. The Morgan fingerprint density at radius 3 is 1.75 bits per heavy atom. The van der Waals surface area contributed by atoms with E-state index in [-0.39, 0.29) is 31.8 Å². The van der Waals surface area contributed by atoms with Gasteiger partial charge in [0.1, 0.15) is 30.2 Å². The summed E-state index contributed by atoms with van der Waals surface area (Å²) in [6.07, 6.45) is -2.14. The van der Waals surface area contributed by atoms with Crippen LogP contribution in [0.25, 0.3) is 0 Å². The van der Waals surface area contributed by atoms with Crippen molar-refractivity contribution in [3.05, 3.63) is 0 Å². The average Bonchev–Trinajstić information content (AvgIpc) is 3.09. The minimum atomic E-state index is -1.74. The van der Waals surface area contributed by atoms with Gasteiger partial charge in [0.2, 0.25) is 41.4 Å². The summed E-state index contributed by atoms with van der Waals surface area (Å²) >= 11 is 0. The first-order chi connectivity index (χ1) is 25.6. The minimum absolute atomic E-state index is 0.0327. The van der Waals surface area contributed by atoms with E-state index in [0.29, 0.717) is 6.42 Å². The van der Waals surface area contributed by atoms with Crippen molar-refractivity contribution in [3.63, 3.8) is 0 Å². The number of aliphatic carboxylic acids is 3. The molecule has 24 nitrogen and oxygen atoms in total. The van der Waals surface area contributed by atoms with Crippen molar-refractivity contribution in [3.8, 4) is 0 Å². The molecular formula is C31H53N11O13. The summed E-state index contributed by atoms with van der Waals surface area (Å²) in [6, 6.07) is -8.73. The summed E-state index contributed by atoms with van der Waals surface area (Å²) in [6.45, 7) is 3.93. The summed E-state index contributed by atoms with van der Waals surface area (Å²) in [4.78, 5) is 123. The van der Waals surface area contributed by atoms with Crippen LogP contribution in [0.2, 0.25) is 0 Å². The Bertz CT molecular complexity index is 1430. The number of carbonyl (C=O) groups is 10. The van der Waals surface area contributed by atoms with Crippen molar-refractivity contribution in [1.82, 2.24) is 37.2 Å². The van der Waals surface area contributed by atoms with Gasteiger partial charge in [0, 0.05) is 19.4 Å². The Labute approximate surface area is 315 Å². The summed E-state index contributed by atoms with van der Waals surface area (Å²) in [5.74, 6) is -11.7. The van der Waals surface area contributed by atoms with Crippen LogP contribution in [0, 0.1) is 11.3 Å². The van der Waals surface area contributed by atoms with Gasteiger partial charge in [-0.2, -0.15) is 0 Å². The Morgan fingerprint density at radius 2 is 1.22 bits per heavy atom. The van der Waals surface area contributed by atoms with Crippen LogP contribution in [0.3, 0.4) is 0 Å². The highest BCUT2D eigenvalue weighted by atomic mass is 16.4. The van der Waals surface area contributed by atoms with Crippen molar-refractivity contribution in [2.24, 2.45) is 23.1 Å². The van der Waals surface area contributed by atoms with Crippen LogP contribution in [0.15, 0.2) is 0 Å². The number of carboxylic acid groups (broad SMARTS) is 3. The highest BCUT2D eigenvalue weighted by molar-refractivity contribution is 5.98. The summed E-state index contributed by atoms with van der Waals surface area (Å²) in [5.41, 5.74) is 16.2. The Kier molecular flexibility index (Phi) is 22.3. The molecule has 24 heteroatoms. The predicted octanol–water partition coefficient (Wildman–Crippen LogP) is -5.13. The van der Waals surface area contributed by atoms with Crippen LogP contribution in [0.1, 0.15) is 72.1 Å². The zero-order valence-electron chi connectivity index (χ0n) is 30.8. The summed E-state index contributed by atoms with van der Waals surface area (Å²) in [5, 5.41) is 50.6. The quantitative estimate of drug-likeness (QED) is 0.0210. The van der Waals surface area contributed by atoms with E-state index in [0.717, 1.165) is 0 Å². The Hall–Kier alpha value is -6.07. The number of guanidine groups is 1. The molecule has 7 atom stereocenters. The van der Waals surface area contributed by atoms with Crippen LogP contribution in [-0.4, -0.2) is 130 Å². The fourth-order valence-corrected chi connectivity index (χ4v) is 4.59. The average molecular weight is 788 g/mol. The molecule has 0 spiro atoms. The maximum atomic E-state index is 13.4. The fraction of sp³-hybridized carbons (Fsp3) is 0.645. The molecule has 0 saturated heterocycles. The molecule has 0 aliphatic carbocycles. The van der Waals surface area contributed by atoms with Gasteiger partial charge in [0.05, 0.1) is 19.0 Å². The third-order valence-electron chi connectivity index (χ3n) is 7.91. The highest BCUT2D eigenvalue weighted by Crippen LogP contribution is 2.11. The largest absolute Gasteiger partial charge is 0.481 e. The molecule has 0 aliphatic rings. The van der Waals surface area contributed by atoms with Crippen molar-refractivity contribution in [2.45, 2.75) is 108 Å².